The number of guanidine groups is 1. The van der Waals surface area contributed by atoms with Crippen LogP contribution in [0.3, 0.4) is 0 Å². The highest BCUT2D eigenvalue weighted by Gasteiger charge is 2.25. The molecule has 3 rings (SSSR count). The smallest absolute Gasteiger partial charge is 0.222 e. The Hall–Kier alpha value is -1.26. The maximum absolute atomic E-state index is 11.9. The zero-order valence-corrected chi connectivity index (χ0v) is 22.4. The van der Waals surface area contributed by atoms with Gasteiger partial charge in [0.2, 0.25) is 5.91 Å². The number of hydrogen-bond donors (Lipinski definition) is 2. The first-order chi connectivity index (χ1) is 15.1. The van der Waals surface area contributed by atoms with Crippen molar-refractivity contribution in [3.8, 4) is 0 Å². The van der Waals surface area contributed by atoms with Gasteiger partial charge in [-0.15, -0.1) is 24.0 Å². The summed E-state index contributed by atoms with van der Waals surface area (Å²) < 4.78 is 0. The number of benzene rings is 1. The molecule has 2 aliphatic heterocycles. The van der Waals surface area contributed by atoms with Gasteiger partial charge in [-0.1, -0.05) is 24.6 Å². The average Bonchev–Trinajstić information content (AvgIpc) is 3.25. The molecule has 7 nitrogen and oxygen atoms in total. The standard InChI is InChI=1S/C23H37ClN6O.HI/c1-3-22(31)30-12-9-20(18-30)27-23(25-4-2)26-10-6-11-28-13-15-29(16-14-28)21-8-5-7-19(24)17-21;/h5,7-8,17,20H,3-4,6,9-16,18H2,1-2H3,(H2,25,26,27);1H. The Bertz CT molecular complexity index is 741. The normalized spacial score (nSPS) is 19.6. The summed E-state index contributed by atoms with van der Waals surface area (Å²) in [6, 6.07) is 8.40. The van der Waals surface area contributed by atoms with E-state index in [1.165, 1.54) is 5.69 Å². The van der Waals surface area contributed by atoms with Gasteiger partial charge < -0.3 is 20.4 Å². The van der Waals surface area contributed by atoms with E-state index in [9.17, 15) is 4.79 Å². The highest BCUT2D eigenvalue weighted by atomic mass is 127. The molecule has 2 heterocycles. The van der Waals surface area contributed by atoms with Crippen molar-refractivity contribution >= 4 is 53.1 Å². The molecule has 9 heteroatoms. The molecule has 0 saturated carbocycles. The van der Waals surface area contributed by atoms with E-state index in [4.69, 9.17) is 16.6 Å². The molecule has 1 amide bonds. The Balaban J connectivity index is 0.00000363. The lowest BCUT2D eigenvalue weighted by Gasteiger charge is -2.36. The van der Waals surface area contributed by atoms with Crippen LogP contribution in [0.15, 0.2) is 29.3 Å². The molecule has 2 N–H and O–H groups in total. The number of carbonyl (C=O) groups is 1. The molecule has 1 unspecified atom stereocenters. The summed E-state index contributed by atoms with van der Waals surface area (Å²) in [5.74, 6) is 1.10. The number of halogens is 2. The van der Waals surface area contributed by atoms with Gasteiger partial charge in [0.15, 0.2) is 5.96 Å². The minimum absolute atomic E-state index is 0. The minimum Gasteiger partial charge on any atom is -0.369 e. The van der Waals surface area contributed by atoms with E-state index in [0.717, 1.165) is 82.7 Å². The second-order valence-electron chi connectivity index (χ2n) is 8.25. The van der Waals surface area contributed by atoms with Gasteiger partial charge in [-0.2, -0.15) is 0 Å². The van der Waals surface area contributed by atoms with Crippen molar-refractivity contribution < 1.29 is 4.79 Å². The van der Waals surface area contributed by atoms with Crippen LogP contribution in [-0.4, -0.2) is 86.6 Å². The third-order valence-electron chi connectivity index (χ3n) is 5.98. The number of anilines is 1. The Morgan fingerprint density at radius 1 is 1.19 bits per heavy atom. The van der Waals surface area contributed by atoms with Crippen molar-refractivity contribution in [3.63, 3.8) is 0 Å². The lowest BCUT2D eigenvalue weighted by Crippen LogP contribution is -2.47. The molecule has 0 aliphatic carbocycles. The summed E-state index contributed by atoms with van der Waals surface area (Å²) in [7, 11) is 0. The van der Waals surface area contributed by atoms with Crippen LogP contribution in [0.2, 0.25) is 5.02 Å². The molecule has 2 fully saturated rings. The summed E-state index contributed by atoms with van der Waals surface area (Å²) in [6.07, 6.45) is 2.60. The van der Waals surface area contributed by atoms with Gasteiger partial charge >= 0.3 is 0 Å². The molecule has 2 aliphatic rings. The zero-order valence-electron chi connectivity index (χ0n) is 19.4. The van der Waals surface area contributed by atoms with E-state index in [1.807, 2.05) is 30.0 Å². The van der Waals surface area contributed by atoms with Gasteiger partial charge in [-0.25, -0.2) is 0 Å². The van der Waals surface area contributed by atoms with E-state index < -0.39 is 0 Å². The number of nitrogens with one attached hydrogen (secondary N) is 2. The van der Waals surface area contributed by atoms with Crippen molar-refractivity contribution in [2.24, 2.45) is 4.99 Å². The number of rotatable bonds is 8. The van der Waals surface area contributed by atoms with E-state index in [-0.39, 0.29) is 35.9 Å². The van der Waals surface area contributed by atoms with Gasteiger partial charge in [0.05, 0.1) is 0 Å². The molecule has 180 valence electrons. The molecule has 32 heavy (non-hydrogen) atoms. The summed E-state index contributed by atoms with van der Waals surface area (Å²) in [5.41, 5.74) is 1.21. The van der Waals surface area contributed by atoms with E-state index in [2.05, 4.69) is 33.4 Å². The Morgan fingerprint density at radius 2 is 1.97 bits per heavy atom. The van der Waals surface area contributed by atoms with Crippen molar-refractivity contribution in [3.05, 3.63) is 29.3 Å². The topological polar surface area (TPSA) is 63.2 Å². The van der Waals surface area contributed by atoms with Crippen LogP contribution in [0.25, 0.3) is 0 Å². The number of aliphatic imine (C=N–C) groups is 1. The average molecular weight is 577 g/mol. The molecule has 0 aromatic heterocycles. The third-order valence-corrected chi connectivity index (χ3v) is 6.21. The highest BCUT2D eigenvalue weighted by molar-refractivity contribution is 14.0. The lowest BCUT2D eigenvalue weighted by molar-refractivity contribution is -0.129. The van der Waals surface area contributed by atoms with E-state index in [0.29, 0.717) is 6.42 Å². The molecule has 1 atom stereocenters. The first-order valence-electron chi connectivity index (χ1n) is 11.6. The van der Waals surface area contributed by atoms with Crippen LogP contribution < -0.4 is 15.5 Å². The van der Waals surface area contributed by atoms with Crippen molar-refractivity contribution in [2.45, 2.75) is 39.2 Å². The molecule has 0 bridgehead atoms. The van der Waals surface area contributed by atoms with Crippen LogP contribution in [0.5, 0.6) is 0 Å². The first-order valence-corrected chi connectivity index (χ1v) is 12.0. The van der Waals surface area contributed by atoms with Crippen molar-refractivity contribution in [2.75, 3.05) is 63.8 Å². The lowest BCUT2D eigenvalue weighted by atomic mass is 10.2. The number of likely N-dealkylation sites (tertiary alicyclic amines) is 1. The van der Waals surface area contributed by atoms with Crippen molar-refractivity contribution in [1.29, 1.82) is 0 Å². The van der Waals surface area contributed by atoms with Crippen LogP contribution in [0, 0.1) is 0 Å². The van der Waals surface area contributed by atoms with Gasteiger partial charge in [0.25, 0.3) is 0 Å². The second-order valence-corrected chi connectivity index (χ2v) is 8.68. The van der Waals surface area contributed by atoms with Gasteiger partial charge in [-0.05, 0) is 38.0 Å². The van der Waals surface area contributed by atoms with Crippen LogP contribution in [0.4, 0.5) is 5.69 Å². The summed E-state index contributed by atoms with van der Waals surface area (Å²) in [4.78, 5) is 23.5. The molecule has 2 saturated heterocycles. The number of piperazine rings is 1. The van der Waals surface area contributed by atoms with E-state index in [1.54, 1.807) is 0 Å². The summed E-state index contributed by atoms with van der Waals surface area (Å²) in [6.45, 7) is 12.5. The monoisotopic (exact) mass is 576 g/mol. The minimum atomic E-state index is 0. The molecule has 0 radical (unpaired) electrons. The first kappa shape index (κ1) is 27.0. The van der Waals surface area contributed by atoms with Crippen molar-refractivity contribution in [1.82, 2.24) is 20.4 Å². The molecular formula is C23H38ClIN6O. The highest BCUT2D eigenvalue weighted by Crippen LogP contribution is 2.20. The number of nitrogens with zero attached hydrogens (tertiary/aromatic N) is 4. The van der Waals surface area contributed by atoms with Crippen LogP contribution in [0.1, 0.15) is 33.1 Å². The van der Waals surface area contributed by atoms with Crippen LogP contribution in [-0.2, 0) is 4.79 Å². The number of hydrogen-bond acceptors (Lipinski definition) is 4. The summed E-state index contributed by atoms with van der Waals surface area (Å²) in [5, 5.41) is 7.64. The van der Waals surface area contributed by atoms with Gasteiger partial charge in [0, 0.05) is 82.1 Å². The maximum atomic E-state index is 11.9. The molecule has 1 aromatic rings. The predicted molar refractivity (Wildman–Crippen MR) is 145 cm³/mol. The van der Waals surface area contributed by atoms with Gasteiger partial charge in [-0.3, -0.25) is 14.7 Å². The van der Waals surface area contributed by atoms with Crippen LogP contribution >= 0.6 is 35.6 Å². The number of carbonyl (C=O) groups excluding carboxylic acids is 1. The van der Waals surface area contributed by atoms with Gasteiger partial charge in [0.1, 0.15) is 0 Å². The Morgan fingerprint density at radius 3 is 2.66 bits per heavy atom. The molecule has 1 aromatic carbocycles. The quantitative estimate of drug-likeness (QED) is 0.216. The van der Waals surface area contributed by atoms with E-state index >= 15 is 0 Å². The predicted octanol–water partition coefficient (Wildman–Crippen LogP) is 3.04. The Labute approximate surface area is 215 Å². The maximum Gasteiger partial charge on any atom is 0.222 e. The fraction of sp³-hybridized carbons (Fsp3) is 0.652. The number of amides is 1. The zero-order chi connectivity index (χ0) is 22.1. The fourth-order valence-corrected chi connectivity index (χ4v) is 4.41. The molecule has 0 spiro atoms. The second kappa shape index (κ2) is 14.1. The molecular weight excluding hydrogens is 539 g/mol. The third kappa shape index (κ3) is 8.26. The largest absolute Gasteiger partial charge is 0.369 e. The fourth-order valence-electron chi connectivity index (χ4n) is 4.23. The SMILES string of the molecule is CCNC(=NCCCN1CCN(c2cccc(Cl)c2)CC1)NC1CCN(C(=O)CC)C1.I. The Kier molecular flexibility index (Phi) is 11.9. The summed E-state index contributed by atoms with van der Waals surface area (Å²) >= 11 is 6.13.